The number of nitrogens with zero attached hydrogens (tertiary/aromatic N) is 1. The van der Waals surface area contributed by atoms with Gasteiger partial charge in [0.2, 0.25) is 0 Å². The highest BCUT2D eigenvalue weighted by molar-refractivity contribution is 5.95. The van der Waals surface area contributed by atoms with E-state index in [-0.39, 0.29) is 19.1 Å². The van der Waals surface area contributed by atoms with Gasteiger partial charge in [0, 0.05) is 18.8 Å². The second kappa shape index (κ2) is 9.42. The van der Waals surface area contributed by atoms with E-state index in [1.807, 2.05) is 0 Å². The molecule has 9 nitrogen and oxygen atoms in total. The van der Waals surface area contributed by atoms with Gasteiger partial charge in [-0.2, -0.15) is 0 Å². The van der Waals surface area contributed by atoms with Gasteiger partial charge in [0.15, 0.2) is 6.61 Å². The number of ether oxygens (including phenoxy) is 3. The second-order valence-electron chi connectivity index (χ2n) is 6.64. The summed E-state index contributed by atoms with van der Waals surface area (Å²) in [6, 6.07) is 5.88. The molecule has 1 aromatic rings. The Balaban J connectivity index is 1.67. The Kier molecular flexibility index (Phi) is 6.71. The van der Waals surface area contributed by atoms with Gasteiger partial charge in [-0.05, 0) is 31.5 Å². The Morgan fingerprint density at radius 1 is 1.21 bits per heavy atom. The second-order valence-corrected chi connectivity index (χ2v) is 6.64. The van der Waals surface area contributed by atoms with Gasteiger partial charge in [-0.3, -0.25) is 4.79 Å². The first-order valence-corrected chi connectivity index (χ1v) is 9.53. The summed E-state index contributed by atoms with van der Waals surface area (Å²) in [4.78, 5) is 38.1. The van der Waals surface area contributed by atoms with Crippen molar-refractivity contribution < 1.29 is 28.6 Å². The van der Waals surface area contributed by atoms with Crippen LogP contribution in [0.5, 0.6) is 5.75 Å². The lowest BCUT2D eigenvalue weighted by Crippen LogP contribution is -2.45. The fourth-order valence-corrected chi connectivity index (χ4v) is 3.23. The molecule has 156 valence electrons. The number of allylic oxidation sites excluding steroid dienone is 1. The molecule has 0 bridgehead atoms. The predicted molar refractivity (Wildman–Crippen MR) is 103 cm³/mol. The quantitative estimate of drug-likeness (QED) is 0.690. The number of amides is 3. The first-order chi connectivity index (χ1) is 14.0. The van der Waals surface area contributed by atoms with Gasteiger partial charge in [0.05, 0.1) is 31.4 Å². The summed E-state index contributed by atoms with van der Waals surface area (Å²) in [6.45, 7) is 5.78. The molecule has 2 aliphatic heterocycles. The molecule has 1 atom stereocenters. The van der Waals surface area contributed by atoms with Crippen molar-refractivity contribution in [3.8, 4) is 5.75 Å². The van der Waals surface area contributed by atoms with Crippen LogP contribution in [0.2, 0.25) is 0 Å². The van der Waals surface area contributed by atoms with Gasteiger partial charge in [-0.15, -0.1) is 0 Å². The number of urea groups is 1. The Bertz CT molecular complexity index is 799. The smallest absolute Gasteiger partial charge is 0.338 e. The van der Waals surface area contributed by atoms with Crippen molar-refractivity contribution >= 4 is 17.9 Å². The Morgan fingerprint density at radius 2 is 1.90 bits per heavy atom. The lowest BCUT2D eigenvalue weighted by molar-refractivity contribution is -0.139. The molecule has 29 heavy (non-hydrogen) atoms. The maximum absolute atomic E-state index is 12.3. The number of hydrogen-bond donors (Lipinski definition) is 2. The number of carbonyl (C=O) groups excluding carboxylic acids is 3. The molecule has 0 radical (unpaired) electrons. The SMILES string of the molecule is CCOC(=O)C1=C(C)NC(=O)N[C@@H]1c1ccc(OCC(=O)N2CCOCC2)cc1. The molecule has 2 N–H and O–H groups in total. The van der Waals surface area contributed by atoms with Gasteiger partial charge in [-0.25, -0.2) is 9.59 Å². The van der Waals surface area contributed by atoms with Crippen molar-refractivity contribution in [3.05, 3.63) is 41.1 Å². The van der Waals surface area contributed by atoms with E-state index >= 15 is 0 Å². The first-order valence-electron chi connectivity index (χ1n) is 9.53. The molecular formula is C20H25N3O6. The first kappa shape index (κ1) is 20.7. The van der Waals surface area contributed by atoms with Crippen LogP contribution in [0.3, 0.4) is 0 Å². The lowest BCUT2D eigenvalue weighted by atomic mass is 9.95. The molecule has 0 aromatic heterocycles. The Labute approximate surface area is 169 Å². The van der Waals surface area contributed by atoms with E-state index in [0.29, 0.717) is 48.9 Å². The monoisotopic (exact) mass is 403 g/mol. The van der Waals surface area contributed by atoms with Crippen LogP contribution in [-0.4, -0.2) is 62.3 Å². The predicted octanol–water partition coefficient (Wildman–Crippen LogP) is 1.12. The van der Waals surface area contributed by atoms with Crippen molar-refractivity contribution in [2.45, 2.75) is 19.9 Å². The summed E-state index contributed by atoms with van der Waals surface area (Å²) in [7, 11) is 0. The minimum Gasteiger partial charge on any atom is -0.484 e. The zero-order valence-electron chi connectivity index (χ0n) is 16.5. The van der Waals surface area contributed by atoms with Crippen molar-refractivity contribution in [1.29, 1.82) is 0 Å². The van der Waals surface area contributed by atoms with Gasteiger partial charge in [-0.1, -0.05) is 12.1 Å². The highest BCUT2D eigenvalue weighted by Gasteiger charge is 2.32. The van der Waals surface area contributed by atoms with E-state index in [1.165, 1.54) is 0 Å². The van der Waals surface area contributed by atoms with Gasteiger partial charge in [0.25, 0.3) is 5.91 Å². The standard InChI is InChI=1S/C20H25N3O6/c1-3-28-19(25)17-13(2)21-20(26)22-18(17)14-4-6-15(7-5-14)29-12-16(24)23-8-10-27-11-9-23/h4-7,18H,3,8-12H2,1-2H3,(H2,21,22,26)/t18-/m1/s1. The van der Waals surface area contributed by atoms with Crippen molar-refractivity contribution in [2.75, 3.05) is 39.5 Å². The number of hydrogen-bond acceptors (Lipinski definition) is 6. The average Bonchev–Trinajstić information content (AvgIpc) is 2.72. The molecule has 1 saturated heterocycles. The summed E-state index contributed by atoms with van der Waals surface area (Å²) < 4.78 is 15.9. The highest BCUT2D eigenvalue weighted by Crippen LogP contribution is 2.28. The zero-order chi connectivity index (χ0) is 20.8. The molecule has 0 aliphatic carbocycles. The third-order valence-electron chi connectivity index (χ3n) is 4.70. The van der Waals surface area contributed by atoms with E-state index in [2.05, 4.69) is 10.6 Å². The minimum absolute atomic E-state index is 0.0590. The molecule has 2 aliphatic rings. The summed E-state index contributed by atoms with van der Waals surface area (Å²) in [5.41, 5.74) is 1.50. The van der Waals surface area contributed by atoms with Crippen LogP contribution in [0.25, 0.3) is 0 Å². The summed E-state index contributed by atoms with van der Waals surface area (Å²) >= 11 is 0. The molecule has 2 heterocycles. The van der Waals surface area contributed by atoms with Crippen LogP contribution in [0.4, 0.5) is 4.79 Å². The van der Waals surface area contributed by atoms with E-state index in [4.69, 9.17) is 14.2 Å². The van der Waals surface area contributed by atoms with Crippen molar-refractivity contribution in [3.63, 3.8) is 0 Å². The van der Waals surface area contributed by atoms with Crippen LogP contribution in [0.1, 0.15) is 25.5 Å². The maximum atomic E-state index is 12.3. The average molecular weight is 403 g/mol. The third-order valence-corrected chi connectivity index (χ3v) is 4.70. The number of esters is 1. The summed E-state index contributed by atoms with van der Waals surface area (Å²) in [6.07, 6.45) is 0. The molecule has 0 saturated carbocycles. The van der Waals surface area contributed by atoms with Gasteiger partial charge in [0.1, 0.15) is 5.75 Å². The molecule has 1 aromatic carbocycles. The van der Waals surface area contributed by atoms with E-state index < -0.39 is 18.0 Å². The summed E-state index contributed by atoms with van der Waals surface area (Å²) in [5, 5.41) is 5.34. The van der Waals surface area contributed by atoms with Crippen LogP contribution < -0.4 is 15.4 Å². The number of benzene rings is 1. The normalized spacial score (nSPS) is 19.3. The van der Waals surface area contributed by atoms with Crippen molar-refractivity contribution in [1.82, 2.24) is 15.5 Å². The number of morpholine rings is 1. The number of nitrogens with one attached hydrogen (secondary N) is 2. The van der Waals surface area contributed by atoms with Gasteiger partial charge < -0.3 is 29.7 Å². The molecule has 9 heteroatoms. The molecule has 0 unspecified atom stereocenters. The van der Waals surface area contributed by atoms with E-state index in [9.17, 15) is 14.4 Å². The Morgan fingerprint density at radius 3 is 2.55 bits per heavy atom. The van der Waals surface area contributed by atoms with E-state index in [0.717, 1.165) is 0 Å². The fraction of sp³-hybridized carbons (Fsp3) is 0.450. The van der Waals surface area contributed by atoms with E-state index in [1.54, 1.807) is 43.0 Å². The molecule has 3 rings (SSSR count). The molecule has 1 fully saturated rings. The zero-order valence-corrected chi connectivity index (χ0v) is 16.5. The largest absolute Gasteiger partial charge is 0.484 e. The fourth-order valence-electron chi connectivity index (χ4n) is 3.23. The summed E-state index contributed by atoms with van der Waals surface area (Å²) in [5.74, 6) is -0.0564. The third kappa shape index (κ3) is 5.05. The number of rotatable bonds is 6. The van der Waals surface area contributed by atoms with Crippen LogP contribution in [0.15, 0.2) is 35.5 Å². The minimum atomic E-state index is -0.633. The van der Waals surface area contributed by atoms with Gasteiger partial charge >= 0.3 is 12.0 Å². The van der Waals surface area contributed by atoms with Crippen molar-refractivity contribution in [2.24, 2.45) is 0 Å². The van der Waals surface area contributed by atoms with Crippen LogP contribution in [0, 0.1) is 0 Å². The molecular weight excluding hydrogens is 378 g/mol. The molecule has 3 amide bonds. The van der Waals surface area contributed by atoms with Crippen LogP contribution in [-0.2, 0) is 19.1 Å². The lowest BCUT2D eigenvalue weighted by Gasteiger charge is -2.28. The maximum Gasteiger partial charge on any atom is 0.338 e. The van der Waals surface area contributed by atoms with Crippen LogP contribution >= 0.6 is 0 Å². The molecule has 0 spiro atoms. The topological polar surface area (TPSA) is 106 Å². The number of carbonyl (C=O) groups is 3. The Hall–Kier alpha value is -3.07. The highest BCUT2D eigenvalue weighted by atomic mass is 16.5.